The summed E-state index contributed by atoms with van der Waals surface area (Å²) in [6.07, 6.45) is 4.52. The number of carbonyl (C=O) groups is 2. The summed E-state index contributed by atoms with van der Waals surface area (Å²) in [5.41, 5.74) is 4.92. The molecule has 0 unspecified atom stereocenters. The van der Waals surface area contributed by atoms with Crippen LogP contribution in [0.15, 0.2) is 46.7 Å². The Labute approximate surface area is 178 Å². The van der Waals surface area contributed by atoms with Gasteiger partial charge in [0.15, 0.2) is 15.8 Å². The van der Waals surface area contributed by atoms with E-state index in [9.17, 15) is 14.4 Å². The van der Waals surface area contributed by atoms with Crippen molar-refractivity contribution < 1.29 is 9.59 Å². The van der Waals surface area contributed by atoms with Crippen LogP contribution in [0, 0.1) is 0 Å². The number of rotatable bonds is 4. The van der Waals surface area contributed by atoms with E-state index in [0.29, 0.717) is 28.0 Å². The van der Waals surface area contributed by atoms with Crippen molar-refractivity contribution in [1.29, 1.82) is 0 Å². The Morgan fingerprint density at radius 1 is 1.23 bits per heavy atom. The number of hydrazine groups is 1. The van der Waals surface area contributed by atoms with Crippen LogP contribution in [0.4, 0.5) is 0 Å². The van der Waals surface area contributed by atoms with E-state index in [1.165, 1.54) is 28.2 Å². The molecule has 2 N–H and O–H groups in total. The second-order valence-corrected chi connectivity index (χ2v) is 7.37. The van der Waals surface area contributed by atoms with E-state index in [2.05, 4.69) is 20.9 Å². The van der Waals surface area contributed by atoms with E-state index in [1.807, 2.05) is 5.38 Å². The fourth-order valence-corrected chi connectivity index (χ4v) is 3.92. The molecule has 0 radical (unpaired) electrons. The van der Waals surface area contributed by atoms with Crippen molar-refractivity contribution in [2.45, 2.75) is 13.5 Å². The summed E-state index contributed by atoms with van der Waals surface area (Å²) in [6.45, 7) is 2.06. The van der Waals surface area contributed by atoms with Gasteiger partial charge in [-0.1, -0.05) is 29.8 Å². The lowest BCUT2D eigenvalue weighted by Crippen LogP contribution is -2.42. The van der Waals surface area contributed by atoms with Gasteiger partial charge >= 0.3 is 0 Å². The molecule has 0 saturated heterocycles. The molecule has 3 aromatic heterocycles. The molecule has 0 bridgehead atoms. The van der Waals surface area contributed by atoms with Crippen LogP contribution in [0.2, 0.25) is 5.15 Å². The molecular formula is C19H15ClN6O3S. The van der Waals surface area contributed by atoms with Crippen molar-refractivity contribution >= 4 is 56.6 Å². The number of amides is 2. The van der Waals surface area contributed by atoms with E-state index in [1.54, 1.807) is 41.8 Å². The lowest BCUT2D eigenvalue weighted by Gasteiger charge is -2.10. The molecule has 0 atom stereocenters. The Morgan fingerprint density at radius 2 is 2.00 bits per heavy atom. The molecule has 0 aliphatic rings. The van der Waals surface area contributed by atoms with Gasteiger partial charge in [0.05, 0.1) is 11.1 Å². The Kier molecular flexibility index (Phi) is 5.34. The number of carbonyl (C=O) groups excluding carboxylic acids is 2. The van der Waals surface area contributed by atoms with Gasteiger partial charge in [-0.25, -0.2) is 9.67 Å². The highest BCUT2D eigenvalue weighted by atomic mass is 35.5. The van der Waals surface area contributed by atoms with Gasteiger partial charge in [0.2, 0.25) is 0 Å². The second kappa shape index (κ2) is 8.09. The average Bonchev–Trinajstić information content (AvgIpc) is 3.31. The van der Waals surface area contributed by atoms with E-state index in [0.717, 1.165) is 0 Å². The second-order valence-electron chi connectivity index (χ2n) is 6.14. The van der Waals surface area contributed by atoms with Gasteiger partial charge in [-0.3, -0.25) is 29.6 Å². The van der Waals surface area contributed by atoms with Gasteiger partial charge in [0.1, 0.15) is 0 Å². The van der Waals surface area contributed by atoms with Crippen molar-refractivity contribution in [2.75, 3.05) is 0 Å². The molecule has 2 amide bonds. The quantitative estimate of drug-likeness (QED) is 0.372. The van der Waals surface area contributed by atoms with Crippen molar-refractivity contribution in [3.8, 4) is 0 Å². The third-order valence-corrected chi connectivity index (χ3v) is 5.36. The van der Waals surface area contributed by atoms with Gasteiger partial charge < -0.3 is 0 Å². The molecule has 3 heterocycles. The molecule has 0 aliphatic carbocycles. The Hall–Kier alpha value is -3.50. The number of imidazole rings is 1. The summed E-state index contributed by atoms with van der Waals surface area (Å²) in [5.74, 6) is -1.21. The van der Waals surface area contributed by atoms with Crippen LogP contribution in [0.3, 0.4) is 0 Å². The lowest BCUT2D eigenvalue weighted by atomic mass is 10.1. The van der Waals surface area contributed by atoms with Gasteiger partial charge in [-0.2, -0.15) is 5.10 Å². The molecule has 1 aromatic carbocycles. The Balaban J connectivity index is 1.52. The smallest absolute Gasteiger partial charge is 0.289 e. The number of fused-ring (bicyclic) bond motifs is 2. The van der Waals surface area contributed by atoms with Crippen LogP contribution in [0.1, 0.15) is 23.1 Å². The van der Waals surface area contributed by atoms with Gasteiger partial charge in [0, 0.05) is 29.6 Å². The van der Waals surface area contributed by atoms with Crippen LogP contribution in [0.5, 0.6) is 0 Å². The largest absolute Gasteiger partial charge is 0.290 e. The molecule has 0 fully saturated rings. The summed E-state index contributed by atoms with van der Waals surface area (Å²) >= 11 is 7.50. The maximum Gasteiger partial charge on any atom is 0.290 e. The summed E-state index contributed by atoms with van der Waals surface area (Å²) < 4.78 is 2.95. The van der Waals surface area contributed by atoms with Crippen molar-refractivity contribution in [1.82, 2.24) is 30.0 Å². The number of benzene rings is 1. The van der Waals surface area contributed by atoms with Crippen LogP contribution in [-0.4, -0.2) is 31.0 Å². The minimum absolute atomic E-state index is 0.0372. The molecule has 0 aliphatic heterocycles. The zero-order chi connectivity index (χ0) is 21.3. The number of hydrogen-bond acceptors (Lipinski definition) is 6. The molecular weight excluding hydrogens is 428 g/mol. The van der Waals surface area contributed by atoms with Gasteiger partial charge in [0.25, 0.3) is 17.4 Å². The SMILES string of the molecule is CCn1nc(C(=O)NNC(=O)/C=C/c2c(Cl)nc3sccn23)c2ccccc2c1=O. The number of halogens is 1. The first kappa shape index (κ1) is 19.8. The monoisotopic (exact) mass is 442 g/mol. The third kappa shape index (κ3) is 3.58. The Bertz CT molecular complexity index is 1370. The fourth-order valence-electron chi connectivity index (χ4n) is 2.92. The first-order chi connectivity index (χ1) is 14.5. The maximum absolute atomic E-state index is 12.6. The number of hydrogen-bond donors (Lipinski definition) is 2. The topological polar surface area (TPSA) is 110 Å². The highest BCUT2D eigenvalue weighted by Gasteiger charge is 2.16. The number of aromatic nitrogens is 4. The van der Waals surface area contributed by atoms with Gasteiger partial charge in [-0.05, 0) is 19.1 Å². The number of thiazole rings is 1. The number of aryl methyl sites for hydroxylation is 1. The fraction of sp³-hybridized carbons (Fsp3) is 0.105. The van der Waals surface area contributed by atoms with E-state index >= 15 is 0 Å². The van der Waals surface area contributed by atoms with Crippen molar-refractivity contribution in [3.05, 3.63) is 68.8 Å². The van der Waals surface area contributed by atoms with E-state index in [4.69, 9.17) is 11.6 Å². The van der Waals surface area contributed by atoms with Gasteiger partial charge in [-0.15, -0.1) is 11.3 Å². The first-order valence-corrected chi connectivity index (χ1v) is 10.1. The van der Waals surface area contributed by atoms with Crippen molar-refractivity contribution in [2.24, 2.45) is 0 Å². The first-order valence-electron chi connectivity index (χ1n) is 8.89. The molecule has 0 saturated carbocycles. The molecule has 30 heavy (non-hydrogen) atoms. The molecule has 152 valence electrons. The molecule has 4 aromatic rings. The van der Waals surface area contributed by atoms with Crippen LogP contribution < -0.4 is 16.4 Å². The predicted octanol–water partition coefficient (Wildman–Crippen LogP) is 2.25. The highest BCUT2D eigenvalue weighted by Crippen LogP contribution is 2.22. The number of nitrogens with one attached hydrogen (secondary N) is 2. The zero-order valence-corrected chi connectivity index (χ0v) is 17.2. The highest BCUT2D eigenvalue weighted by molar-refractivity contribution is 7.15. The van der Waals surface area contributed by atoms with Crippen molar-refractivity contribution in [3.63, 3.8) is 0 Å². The maximum atomic E-state index is 12.6. The average molecular weight is 443 g/mol. The minimum atomic E-state index is -0.641. The molecule has 4 rings (SSSR count). The van der Waals surface area contributed by atoms with Crippen LogP contribution in [0.25, 0.3) is 21.8 Å². The van der Waals surface area contributed by atoms with Crippen LogP contribution in [-0.2, 0) is 11.3 Å². The molecule has 11 heteroatoms. The summed E-state index contributed by atoms with van der Waals surface area (Å²) in [4.78, 5) is 42.0. The third-order valence-electron chi connectivity index (χ3n) is 4.33. The molecule has 0 spiro atoms. The minimum Gasteiger partial charge on any atom is -0.289 e. The summed E-state index contributed by atoms with van der Waals surface area (Å²) in [7, 11) is 0. The zero-order valence-electron chi connectivity index (χ0n) is 15.6. The standard InChI is InChI=1S/C19H15ClN6O3S/c1-2-26-18(29)12-6-4-3-5-11(12)15(24-26)17(28)23-22-14(27)8-7-13-16(20)21-19-25(13)9-10-30-19/h3-10H,2H2,1H3,(H,22,27)(H,23,28)/b8-7+. The summed E-state index contributed by atoms with van der Waals surface area (Å²) in [5, 5.41) is 7.02. The van der Waals surface area contributed by atoms with E-state index in [-0.39, 0.29) is 16.4 Å². The summed E-state index contributed by atoms with van der Waals surface area (Å²) in [6, 6.07) is 6.68. The van der Waals surface area contributed by atoms with E-state index < -0.39 is 11.8 Å². The lowest BCUT2D eigenvalue weighted by molar-refractivity contribution is -0.117. The normalized spacial score (nSPS) is 11.4. The molecule has 9 nitrogen and oxygen atoms in total. The predicted molar refractivity (Wildman–Crippen MR) is 114 cm³/mol. The Morgan fingerprint density at radius 3 is 2.77 bits per heavy atom. The number of nitrogens with zero attached hydrogens (tertiary/aromatic N) is 4. The van der Waals surface area contributed by atoms with Crippen LogP contribution >= 0.6 is 22.9 Å².